The predicted molar refractivity (Wildman–Crippen MR) is 119 cm³/mol. The van der Waals surface area contributed by atoms with Crippen LogP contribution in [0.1, 0.15) is 6.42 Å². The maximum Gasteiger partial charge on any atom is 0.223 e. The number of anilines is 1. The van der Waals surface area contributed by atoms with Gasteiger partial charge in [0.2, 0.25) is 5.91 Å². The number of thiazole rings is 1. The van der Waals surface area contributed by atoms with Crippen molar-refractivity contribution in [1.29, 1.82) is 0 Å². The molecule has 1 aliphatic heterocycles. The summed E-state index contributed by atoms with van der Waals surface area (Å²) in [5, 5.41) is 0.927. The topological polar surface area (TPSA) is 83.5 Å². The third-order valence-electron chi connectivity index (χ3n) is 5.02. The zero-order valence-corrected chi connectivity index (χ0v) is 18.9. The lowest BCUT2D eigenvalue weighted by molar-refractivity contribution is -0.131. The van der Waals surface area contributed by atoms with E-state index in [9.17, 15) is 13.2 Å². The Labute approximate surface area is 188 Å². The monoisotopic (exact) mass is 484 g/mol. The summed E-state index contributed by atoms with van der Waals surface area (Å²) in [6, 6.07) is 5.02. The molecule has 1 aromatic carbocycles. The average Bonchev–Trinajstić information content (AvgIpc) is 3.21. The Morgan fingerprint density at radius 2 is 1.80 bits per heavy atom. The number of benzene rings is 1. The molecule has 0 N–H and O–H groups in total. The number of hydrogen-bond acceptors (Lipinski definition) is 7. The summed E-state index contributed by atoms with van der Waals surface area (Å²) >= 11 is 13.7. The van der Waals surface area contributed by atoms with E-state index >= 15 is 0 Å². The molecule has 1 fully saturated rings. The number of amides is 1. The van der Waals surface area contributed by atoms with E-state index in [-0.39, 0.29) is 23.0 Å². The number of aromatic nitrogens is 2. The van der Waals surface area contributed by atoms with Crippen molar-refractivity contribution in [2.24, 2.45) is 0 Å². The van der Waals surface area contributed by atoms with Crippen molar-refractivity contribution in [2.75, 3.05) is 36.8 Å². The number of carbonyl (C=O) groups excluding carboxylic acids is 1. The number of sulfone groups is 1. The maximum atomic E-state index is 12.8. The first-order valence-corrected chi connectivity index (χ1v) is 12.5. The molecule has 11 heteroatoms. The predicted octanol–water partition coefficient (Wildman–Crippen LogP) is 3.51. The minimum Gasteiger partial charge on any atom is -0.365 e. The molecule has 2 aromatic heterocycles. The molecule has 1 aliphatic rings. The van der Waals surface area contributed by atoms with Crippen LogP contribution in [-0.4, -0.2) is 61.1 Å². The second-order valence-corrected chi connectivity index (χ2v) is 10.6. The van der Waals surface area contributed by atoms with Gasteiger partial charge in [-0.05, 0) is 12.1 Å². The third kappa shape index (κ3) is 4.25. The lowest BCUT2D eigenvalue weighted by atomic mass is 10.2. The van der Waals surface area contributed by atoms with Gasteiger partial charge in [-0.2, -0.15) is 0 Å². The third-order valence-corrected chi connectivity index (χ3v) is 8.33. The van der Waals surface area contributed by atoms with Crippen LogP contribution in [0.25, 0.3) is 10.2 Å². The highest BCUT2D eigenvalue weighted by atomic mass is 35.5. The number of pyridine rings is 1. The first-order chi connectivity index (χ1) is 14.4. The molecule has 0 saturated carbocycles. The van der Waals surface area contributed by atoms with Crippen LogP contribution in [0.2, 0.25) is 10.0 Å². The van der Waals surface area contributed by atoms with Gasteiger partial charge in [0.1, 0.15) is 0 Å². The van der Waals surface area contributed by atoms with Crippen molar-refractivity contribution in [3.05, 3.63) is 46.1 Å². The van der Waals surface area contributed by atoms with Gasteiger partial charge in [-0.1, -0.05) is 29.3 Å². The van der Waals surface area contributed by atoms with Gasteiger partial charge in [0.15, 0.2) is 9.84 Å². The Morgan fingerprint density at radius 3 is 2.50 bits per heavy atom. The fourth-order valence-electron chi connectivity index (χ4n) is 3.48. The maximum absolute atomic E-state index is 12.8. The number of hydrogen-bond donors (Lipinski definition) is 0. The van der Waals surface area contributed by atoms with E-state index in [1.807, 2.05) is 4.90 Å². The highest BCUT2D eigenvalue weighted by molar-refractivity contribution is 7.91. The summed E-state index contributed by atoms with van der Waals surface area (Å²) < 4.78 is 26.2. The molecule has 3 aromatic rings. The second kappa shape index (κ2) is 8.66. The average molecular weight is 485 g/mol. The van der Waals surface area contributed by atoms with Crippen LogP contribution >= 0.6 is 34.5 Å². The van der Waals surface area contributed by atoms with Gasteiger partial charge >= 0.3 is 0 Å². The van der Waals surface area contributed by atoms with Crippen molar-refractivity contribution >= 4 is 66.2 Å². The van der Waals surface area contributed by atoms with Gasteiger partial charge in [0.05, 0.1) is 42.1 Å². The fraction of sp³-hybridized carbons (Fsp3) is 0.316. The summed E-state index contributed by atoms with van der Waals surface area (Å²) in [4.78, 5) is 24.7. The van der Waals surface area contributed by atoms with Crippen LogP contribution in [0.4, 0.5) is 5.69 Å². The van der Waals surface area contributed by atoms with Gasteiger partial charge in [-0.3, -0.25) is 9.78 Å². The van der Waals surface area contributed by atoms with Crippen LogP contribution in [0.5, 0.6) is 0 Å². The molecule has 7 nitrogen and oxygen atoms in total. The van der Waals surface area contributed by atoms with Crippen molar-refractivity contribution < 1.29 is 13.2 Å². The number of halogens is 2. The second-order valence-electron chi connectivity index (χ2n) is 6.85. The van der Waals surface area contributed by atoms with E-state index in [1.54, 1.807) is 28.6 Å². The zero-order chi connectivity index (χ0) is 21.3. The van der Waals surface area contributed by atoms with Gasteiger partial charge in [-0.15, -0.1) is 11.3 Å². The Kier molecular flexibility index (Phi) is 6.15. The van der Waals surface area contributed by atoms with Crippen molar-refractivity contribution in [3.63, 3.8) is 0 Å². The van der Waals surface area contributed by atoms with E-state index in [4.69, 9.17) is 23.2 Å². The van der Waals surface area contributed by atoms with Gasteiger partial charge in [0, 0.05) is 45.0 Å². The number of piperazine rings is 1. The van der Waals surface area contributed by atoms with Crippen LogP contribution in [-0.2, 0) is 14.6 Å². The first-order valence-electron chi connectivity index (χ1n) is 9.23. The first kappa shape index (κ1) is 21.3. The largest absolute Gasteiger partial charge is 0.365 e. The Hall–Kier alpha value is -1.94. The van der Waals surface area contributed by atoms with E-state index in [1.165, 1.54) is 23.7 Å². The van der Waals surface area contributed by atoms with Gasteiger partial charge in [-0.25, -0.2) is 13.4 Å². The lowest BCUT2D eigenvalue weighted by Crippen LogP contribution is -2.49. The summed E-state index contributed by atoms with van der Waals surface area (Å²) in [5.41, 5.74) is 2.98. The number of nitrogens with zero attached hydrogens (tertiary/aromatic N) is 4. The van der Waals surface area contributed by atoms with E-state index < -0.39 is 9.84 Å². The summed E-state index contributed by atoms with van der Waals surface area (Å²) in [7, 11) is -3.58. The minimum absolute atomic E-state index is 0.0612. The molecule has 0 bridgehead atoms. The highest BCUT2D eigenvalue weighted by Gasteiger charge is 2.26. The van der Waals surface area contributed by atoms with E-state index in [0.717, 1.165) is 0 Å². The van der Waals surface area contributed by atoms with Gasteiger partial charge < -0.3 is 9.80 Å². The molecule has 1 saturated heterocycles. The lowest BCUT2D eigenvalue weighted by Gasteiger charge is -2.36. The van der Waals surface area contributed by atoms with Crippen LogP contribution in [0.15, 0.2) is 41.0 Å². The zero-order valence-electron chi connectivity index (χ0n) is 15.8. The summed E-state index contributed by atoms with van der Waals surface area (Å²) in [6.07, 6.45) is 3.01. The molecule has 0 unspecified atom stereocenters. The minimum atomic E-state index is -3.58. The fourth-order valence-corrected chi connectivity index (χ4v) is 6.64. The molecule has 3 heterocycles. The smallest absolute Gasteiger partial charge is 0.223 e. The molecule has 4 rings (SSSR count). The highest BCUT2D eigenvalue weighted by Crippen LogP contribution is 2.33. The standard InChI is InChI=1S/C19H18Cl2N4O3S2/c20-13-10-22-11-14(21)18(13)25-7-5-24(6-8-25)17(26)4-9-30(27,28)16-3-1-2-15-19(16)29-12-23-15/h1-3,10-12H,4-9H2. The molecule has 0 aliphatic carbocycles. The van der Waals surface area contributed by atoms with E-state index in [2.05, 4.69) is 9.97 Å². The van der Waals surface area contributed by atoms with E-state index in [0.29, 0.717) is 52.1 Å². The number of rotatable bonds is 5. The van der Waals surface area contributed by atoms with Crippen molar-refractivity contribution in [2.45, 2.75) is 11.3 Å². The quantitative estimate of drug-likeness (QED) is 0.550. The molecular formula is C19H18Cl2N4O3S2. The number of carbonyl (C=O) groups is 1. The molecule has 30 heavy (non-hydrogen) atoms. The van der Waals surface area contributed by atoms with Crippen molar-refractivity contribution in [1.82, 2.24) is 14.9 Å². The van der Waals surface area contributed by atoms with Crippen LogP contribution < -0.4 is 4.90 Å². The van der Waals surface area contributed by atoms with Crippen molar-refractivity contribution in [3.8, 4) is 0 Å². The Balaban J connectivity index is 1.38. The Morgan fingerprint density at radius 1 is 1.10 bits per heavy atom. The molecule has 1 amide bonds. The molecule has 0 radical (unpaired) electrons. The summed E-state index contributed by atoms with van der Waals surface area (Å²) in [6.45, 7) is 2.06. The van der Waals surface area contributed by atoms with Crippen LogP contribution in [0.3, 0.4) is 0 Å². The van der Waals surface area contributed by atoms with Crippen LogP contribution in [0, 0.1) is 0 Å². The SMILES string of the molecule is O=C(CCS(=O)(=O)c1cccc2ncsc12)N1CCN(c2c(Cl)cncc2Cl)CC1. The molecular weight excluding hydrogens is 467 g/mol. The number of fused-ring (bicyclic) bond motifs is 1. The normalized spacial score (nSPS) is 15.0. The Bertz CT molecular complexity index is 1170. The summed E-state index contributed by atoms with van der Waals surface area (Å²) in [5.74, 6) is -0.410. The van der Waals surface area contributed by atoms with Gasteiger partial charge in [0.25, 0.3) is 0 Å². The molecule has 0 atom stereocenters. The molecule has 158 valence electrons. The molecule has 0 spiro atoms.